The van der Waals surface area contributed by atoms with Crippen LogP contribution in [0.2, 0.25) is 6.04 Å². The molecule has 0 N–H and O–H groups in total. The lowest BCUT2D eigenvalue weighted by atomic mass is 9.95. The molecule has 1 aliphatic rings. The highest BCUT2D eigenvalue weighted by Gasteiger charge is 2.49. The molecule has 0 bridgehead atoms. The van der Waals surface area contributed by atoms with E-state index >= 15 is 0 Å². The van der Waals surface area contributed by atoms with E-state index in [2.05, 4.69) is 6.92 Å². The summed E-state index contributed by atoms with van der Waals surface area (Å²) in [4.78, 5) is 0. The van der Waals surface area contributed by atoms with Crippen LogP contribution >= 0.6 is 0 Å². The summed E-state index contributed by atoms with van der Waals surface area (Å²) < 4.78 is 36.4. The van der Waals surface area contributed by atoms with Gasteiger partial charge >= 0.3 is 8.80 Å². The van der Waals surface area contributed by atoms with Crippen LogP contribution in [0.15, 0.2) is 121 Å². The lowest BCUT2D eigenvalue weighted by molar-refractivity contribution is -0.103. The van der Waals surface area contributed by atoms with Gasteiger partial charge in [0.25, 0.3) is 0 Å². The van der Waals surface area contributed by atoms with Crippen molar-refractivity contribution in [3.05, 3.63) is 121 Å². The first-order valence-electron chi connectivity index (χ1n) is 14.7. The van der Waals surface area contributed by atoms with Crippen LogP contribution in [0.4, 0.5) is 0 Å². The standard InChI is InChI=1S/C28H34O5Si.C6H8OSi/c1-2-24(28-19-21-30-28)23-29-20-12-22-34(31-25-13-6-3-7-14-25,32-26-15-8-4-9-16-26)33-27-17-10-5-11-18-27;8-7-6-4-2-1-3-5-6/h3-11,13-18,24,28H,2,12,19-23H2,1H3;1-5H,8H3. The molecule has 8 heteroatoms. The van der Waals surface area contributed by atoms with E-state index in [1.165, 1.54) is 0 Å². The van der Waals surface area contributed by atoms with Gasteiger partial charge in [-0.3, -0.25) is 0 Å². The summed E-state index contributed by atoms with van der Waals surface area (Å²) in [5.41, 5.74) is 0. The number of para-hydroxylation sites is 4. The van der Waals surface area contributed by atoms with E-state index in [0.29, 0.717) is 31.3 Å². The first kappa shape index (κ1) is 31.4. The van der Waals surface area contributed by atoms with Crippen molar-refractivity contribution in [3.63, 3.8) is 0 Å². The fourth-order valence-electron chi connectivity index (χ4n) is 4.52. The lowest BCUT2D eigenvalue weighted by Crippen LogP contribution is -2.55. The minimum Gasteiger partial charge on any atom is -0.553 e. The highest BCUT2D eigenvalue weighted by Crippen LogP contribution is 2.28. The molecule has 1 fully saturated rings. The summed E-state index contributed by atoms with van der Waals surface area (Å²) >= 11 is 0. The summed E-state index contributed by atoms with van der Waals surface area (Å²) in [6.07, 6.45) is 3.32. The summed E-state index contributed by atoms with van der Waals surface area (Å²) in [5, 5.41) is 0. The van der Waals surface area contributed by atoms with Gasteiger partial charge < -0.3 is 27.2 Å². The number of hydrogen-bond acceptors (Lipinski definition) is 6. The molecule has 6 nitrogen and oxygen atoms in total. The Balaban J connectivity index is 0.000000437. The number of ether oxygens (including phenoxy) is 2. The molecular formula is C34H42O6Si2. The third-order valence-electron chi connectivity index (χ3n) is 6.92. The van der Waals surface area contributed by atoms with Crippen LogP contribution in [0.5, 0.6) is 23.0 Å². The molecule has 0 spiro atoms. The summed E-state index contributed by atoms with van der Waals surface area (Å²) in [7, 11) is -2.45. The Morgan fingerprint density at radius 3 is 1.48 bits per heavy atom. The van der Waals surface area contributed by atoms with Crippen molar-refractivity contribution >= 4 is 19.3 Å². The maximum Gasteiger partial charge on any atom is 0.699 e. The second kappa shape index (κ2) is 17.4. The average Bonchev–Trinajstić information content (AvgIpc) is 3.01. The highest BCUT2D eigenvalue weighted by atomic mass is 28.4. The van der Waals surface area contributed by atoms with Crippen molar-refractivity contribution in [1.29, 1.82) is 0 Å². The Hall–Kier alpha value is -3.57. The highest BCUT2D eigenvalue weighted by molar-refractivity contribution is 6.63. The quantitative estimate of drug-likeness (QED) is 0.111. The number of hydrogen-bond donors (Lipinski definition) is 0. The summed E-state index contributed by atoms with van der Waals surface area (Å²) in [6, 6.07) is 39.7. The third-order valence-corrected chi connectivity index (χ3v) is 9.99. The molecule has 42 heavy (non-hydrogen) atoms. The van der Waals surface area contributed by atoms with Crippen LogP contribution in [0, 0.1) is 5.92 Å². The predicted octanol–water partition coefficient (Wildman–Crippen LogP) is 6.73. The molecule has 0 saturated carbocycles. The summed E-state index contributed by atoms with van der Waals surface area (Å²) in [6.45, 7) is 4.41. The maximum absolute atomic E-state index is 6.54. The molecule has 0 aromatic heterocycles. The first-order chi connectivity index (χ1) is 20.7. The van der Waals surface area contributed by atoms with E-state index in [1.807, 2.05) is 121 Å². The summed E-state index contributed by atoms with van der Waals surface area (Å²) in [5.74, 6) is 3.62. The topological polar surface area (TPSA) is 55.4 Å². The van der Waals surface area contributed by atoms with Gasteiger partial charge in [-0.1, -0.05) is 79.7 Å². The molecule has 1 heterocycles. The smallest absolute Gasteiger partial charge is 0.553 e. The van der Waals surface area contributed by atoms with Crippen molar-refractivity contribution < 1.29 is 27.2 Å². The SMILES string of the molecule is CCC(COCCC[Si](Oc1ccccc1)(Oc1ccccc1)Oc1ccccc1)C1CCO1.[SiH3]Oc1ccccc1. The van der Waals surface area contributed by atoms with Gasteiger partial charge in [0.05, 0.1) is 18.8 Å². The first-order valence-corrected chi connectivity index (χ1v) is 17.4. The average molecular weight is 603 g/mol. The molecule has 0 amide bonds. The van der Waals surface area contributed by atoms with E-state index in [0.717, 1.165) is 59.4 Å². The van der Waals surface area contributed by atoms with Gasteiger partial charge in [-0.2, -0.15) is 0 Å². The van der Waals surface area contributed by atoms with Gasteiger partial charge in [-0.05, 0) is 67.8 Å². The minimum atomic E-state index is -3.23. The molecular weight excluding hydrogens is 561 g/mol. The van der Waals surface area contributed by atoms with Crippen molar-refractivity contribution in [3.8, 4) is 23.0 Å². The monoisotopic (exact) mass is 602 g/mol. The molecule has 1 aliphatic heterocycles. The van der Waals surface area contributed by atoms with Crippen molar-refractivity contribution in [2.75, 3.05) is 19.8 Å². The lowest BCUT2D eigenvalue weighted by Gasteiger charge is -2.33. The Labute approximate surface area is 254 Å². The van der Waals surface area contributed by atoms with Crippen LogP contribution in [0.3, 0.4) is 0 Å². The molecule has 5 rings (SSSR count). The van der Waals surface area contributed by atoms with Gasteiger partial charge in [0.1, 0.15) is 23.0 Å². The Bertz CT molecular complexity index is 1140. The zero-order valence-electron chi connectivity index (χ0n) is 24.6. The minimum absolute atomic E-state index is 0.350. The zero-order valence-corrected chi connectivity index (χ0v) is 27.6. The van der Waals surface area contributed by atoms with Gasteiger partial charge in [-0.25, -0.2) is 0 Å². The fraction of sp³-hybridized carbons (Fsp3) is 0.294. The second-order valence-corrected chi connectivity index (χ2v) is 12.9. The van der Waals surface area contributed by atoms with Crippen molar-refractivity contribution in [2.45, 2.75) is 38.3 Å². The van der Waals surface area contributed by atoms with Crippen molar-refractivity contribution in [2.24, 2.45) is 5.92 Å². The molecule has 2 unspecified atom stereocenters. The van der Waals surface area contributed by atoms with Crippen LogP contribution in [-0.2, 0) is 9.47 Å². The third kappa shape index (κ3) is 10.4. The van der Waals surface area contributed by atoms with E-state index in [9.17, 15) is 0 Å². The fourth-order valence-corrected chi connectivity index (χ4v) is 7.28. The van der Waals surface area contributed by atoms with E-state index in [1.54, 1.807) is 0 Å². The molecule has 4 aromatic rings. The normalized spacial score (nSPS) is 14.9. The molecule has 4 aromatic carbocycles. The molecule has 222 valence electrons. The maximum atomic E-state index is 6.54. The predicted molar refractivity (Wildman–Crippen MR) is 172 cm³/mol. The Morgan fingerprint density at radius 2 is 1.14 bits per heavy atom. The van der Waals surface area contributed by atoms with Crippen LogP contribution in [0.25, 0.3) is 0 Å². The van der Waals surface area contributed by atoms with E-state index in [-0.39, 0.29) is 0 Å². The zero-order chi connectivity index (χ0) is 29.3. The van der Waals surface area contributed by atoms with Crippen LogP contribution < -0.4 is 17.7 Å². The van der Waals surface area contributed by atoms with Gasteiger partial charge in [0, 0.05) is 19.1 Å². The van der Waals surface area contributed by atoms with E-state index in [4.69, 9.17) is 27.2 Å². The van der Waals surface area contributed by atoms with Gasteiger partial charge in [-0.15, -0.1) is 0 Å². The van der Waals surface area contributed by atoms with Gasteiger partial charge in [0.15, 0.2) is 0 Å². The second-order valence-electron chi connectivity index (χ2n) is 9.99. The van der Waals surface area contributed by atoms with Crippen molar-refractivity contribution in [1.82, 2.24) is 0 Å². The Kier molecular flexibility index (Phi) is 13.0. The Morgan fingerprint density at radius 1 is 0.714 bits per heavy atom. The van der Waals surface area contributed by atoms with Crippen LogP contribution in [-0.4, -0.2) is 45.2 Å². The number of rotatable bonds is 15. The molecule has 1 saturated heterocycles. The molecule has 0 radical (unpaired) electrons. The van der Waals surface area contributed by atoms with Gasteiger partial charge in [0.2, 0.25) is 10.5 Å². The van der Waals surface area contributed by atoms with Crippen LogP contribution in [0.1, 0.15) is 26.2 Å². The number of benzene rings is 4. The largest absolute Gasteiger partial charge is 0.699 e. The van der Waals surface area contributed by atoms with E-state index < -0.39 is 8.80 Å². The molecule has 2 atom stereocenters. The molecule has 0 aliphatic carbocycles.